The Hall–Kier alpha value is -3.51. The third-order valence-electron chi connectivity index (χ3n) is 4.77. The van der Waals surface area contributed by atoms with Gasteiger partial charge in [0.15, 0.2) is 0 Å². The van der Waals surface area contributed by atoms with Crippen molar-refractivity contribution in [3.8, 4) is 11.8 Å². The molecule has 1 N–H and O–H groups in total. The summed E-state index contributed by atoms with van der Waals surface area (Å²) in [5.41, 5.74) is 3.15. The maximum Gasteiger partial charge on any atom is 0.242 e. The minimum absolute atomic E-state index is 0.322. The van der Waals surface area contributed by atoms with E-state index in [1.807, 2.05) is 48.5 Å². The van der Waals surface area contributed by atoms with Gasteiger partial charge in [0.1, 0.15) is 6.61 Å². The Labute approximate surface area is 175 Å². The summed E-state index contributed by atoms with van der Waals surface area (Å²) in [4.78, 5) is 4.69. The molecule has 4 aromatic rings. The highest BCUT2D eigenvalue weighted by Gasteiger charge is 2.10. The lowest BCUT2D eigenvalue weighted by atomic mass is 10.1. The van der Waals surface area contributed by atoms with Gasteiger partial charge in [-0.3, -0.25) is 4.98 Å². The summed E-state index contributed by atoms with van der Waals surface area (Å²) in [6, 6.07) is 24.2. The number of aromatic nitrogens is 3. The van der Waals surface area contributed by atoms with E-state index in [4.69, 9.17) is 9.47 Å². The molecular formula is C24H24N4O2. The van der Waals surface area contributed by atoms with Crippen LogP contribution in [0.5, 0.6) is 11.8 Å². The number of benzene rings is 2. The van der Waals surface area contributed by atoms with E-state index < -0.39 is 0 Å². The lowest BCUT2D eigenvalue weighted by Crippen LogP contribution is -2.17. The Morgan fingerprint density at radius 1 is 0.767 bits per heavy atom. The van der Waals surface area contributed by atoms with Crippen LogP contribution in [0.3, 0.4) is 0 Å². The number of nitrogens with one attached hydrogen (secondary N) is 1. The Morgan fingerprint density at radius 3 is 2.27 bits per heavy atom. The van der Waals surface area contributed by atoms with Gasteiger partial charge in [-0.05, 0) is 42.8 Å². The van der Waals surface area contributed by atoms with Crippen LogP contribution in [0.4, 0.5) is 0 Å². The molecule has 0 saturated heterocycles. The molecule has 0 aliphatic rings. The van der Waals surface area contributed by atoms with Gasteiger partial charge in [-0.15, -0.1) is 10.2 Å². The molecule has 0 saturated carbocycles. The van der Waals surface area contributed by atoms with Crippen LogP contribution in [0.2, 0.25) is 0 Å². The second-order valence-corrected chi connectivity index (χ2v) is 6.88. The average Bonchev–Trinajstić information content (AvgIpc) is 2.81. The minimum Gasteiger partial charge on any atom is -0.479 e. The van der Waals surface area contributed by atoms with E-state index in [1.165, 1.54) is 5.56 Å². The highest BCUT2D eigenvalue weighted by Crippen LogP contribution is 2.28. The number of ether oxygens (including phenoxy) is 2. The van der Waals surface area contributed by atoms with Crippen molar-refractivity contribution in [1.29, 1.82) is 0 Å². The molecule has 2 aromatic carbocycles. The number of hydrogen-bond donors (Lipinski definition) is 1. The highest BCUT2D eigenvalue weighted by atomic mass is 16.5. The first-order chi connectivity index (χ1) is 14.8. The predicted octanol–water partition coefficient (Wildman–Crippen LogP) is 3.94. The van der Waals surface area contributed by atoms with E-state index in [2.05, 4.69) is 44.8 Å². The normalized spacial score (nSPS) is 10.8. The van der Waals surface area contributed by atoms with Gasteiger partial charge in [0, 0.05) is 6.54 Å². The largest absolute Gasteiger partial charge is 0.479 e. The zero-order chi connectivity index (χ0) is 20.6. The van der Waals surface area contributed by atoms with Gasteiger partial charge < -0.3 is 14.8 Å². The summed E-state index contributed by atoms with van der Waals surface area (Å²) < 4.78 is 11.2. The van der Waals surface area contributed by atoms with Gasteiger partial charge in [0.2, 0.25) is 11.8 Å². The molecule has 0 fully saturated rings. The van der Waals surface area contributed by atoms with Crippen LogP contribution < -0.4 is 14.8 Å². The Balaban J connectivity index is 1.35. The topological polar surface area (TPSA) is 69.2 Å². The Bertz CT molecular complexity index is 1100. The monoisotopic (exact) mass is 400 g/mol. The van der Waals surface area contributed by atoms with Crippen LogP contribution in [-0.2, 0) is 19.6 Å². The fourth-order valence-electron chi connectivity index (χ4n) is 3.26. The summed E-state index contributed by atoms with van der Waals surface area (Å²) in [7, 11) is 1.58. The molecule has 0 unspecified atom stereocenters. The zero-order valence-corrected chi connectivity index (χ0v) is 16.9. The van der Waals surface area contributed by atoms with Gasteiger partial charge >= 0.3 is 0 Å². The van der Waals surface area contributed by atoms with Crippen molar-refractivity contribution in [2.45, 2.75) is 19.6 Å². The SMILES string of the molecule is COc1nnc(OCc2cccc(CNCCc3ccccc3)n2)c2ccccc12. The second kappa shape index (κ2) is 9.80. The van der Waals surface area contributed by atoms with Gasteiger partial charge in [0.05, 0.1) is 29.3 Å². The van der Waals surface area contributed by atoms with Gasteiger partial charge in [-0.2, -0.15) is 0 Å². The zero-order valence-electron chi connectivity index (χ0n) is 16.9. The molecule has 0 spiro atoms. The number of fused-ring (bicyclic) bond motifs is 1. The van der Waals surface area contributed by atoms with Crippen molar-refractivity contribution in [1.82, 2.24) is 20.5 Å². The molecule has 6 heteroatoms. The summed E-state index contributed by atoms with van der Waals surface area (Å²) in [5, 5.41) is 13.5. The molecule has 0 amide bonds. The Morgan fingerprint density at radius 2 is 1.47 bits per heavy atom. The number of hydrogen-bond acceptors (Lipinski definition) is 6. The standard InChI is InChI=1S/C24H24N4O2/c1-29-23-21-12-5-6-13-22(21)24(28-27-23)30-17-20-11-7-10-19(26-20)16-25-15-14-18-8-3-2-4-9-18/h2-13,25H,14-17H2,1H3. The quantitative estimate of drug-likeness (QED) is 0.429. The van der Waals surface area contributed by atoms with E-state index in [0.717, 1.165) is 35.1 Å². The number of rotatable bonds is 9. The fraction of sp³-hybridized carbons (Fsp3) is 0.208. The van der Waals surface area contributed by atoms with Crippen LogP contribution in [0.15, 0.2) is 72.8 Å². The molecule has 0 bridgehead atoms. The molecule has 4 rings (SSSR count). The second-order valence-electron chi connectivity index (χ2n) is 6.88. The van der Waals surface area contributed by atoms with Crippen LogP contribution in [0, 0.1) is 0 Å². The molecule has 0 radical (unpaired) electrons. The van der Waals surface area contributed by atoms with Crippen molar-refractivity contribution < 1.29 is 9.47 Å². The van der Waals surface area contributed by atoms with Crippen molar-refractivity contribution in [3.63, 3.8) is 0 Å². The van der Waals surface area contributed by atoms with E-state index >= 15 is 0 Å². The maximum absolute atomic E-state index is 5.93. The van der Waals surface area contributed by atoms with Gasteiger partial charge in [-0.25, -0.2) is 0 Å². The molecule has 6 nitrogen and oxygen atoms in total. The van der Waals surface area contributed by atoms with E-state index in [9.17, 15) is 0 Å². The third-order valence-corrected chi connectivity index (χ3v) is 4.77. The smallest absolute Gasteiger partial charge is 0.242 e. The highest BCUT2D eigenvalue weighted by molar-refractivity contribution is 5.90. The average molecular weight is 400 g/mol. The van der Waals surface area contributed by atoms with Crippen LogP contribution in [-0.4, -0.2) is 28.8 Å². The van der Waals surface area contributed by atoms with Crippen LogP contribution >= 0.6 is 0 Å². The van der Waals surface area contributed by atoms with Gasteiger partial charge in [-0.1, -0.05) is 48.5 Å². The lowest BCUT2D eigenvalue weighted by Gasteiger charge is -2.10. The molecule has 0 aliphatic heterocycles. The van der Waals surface area contributed by atoms with Gasteiger partial charge in [0.25, 0.3) is 0 Å². The van der Waals surface area contributed by atoms with E-state index in [0.29, 0.717) is 24.9 Å². The van der Waals surface area contributed by atoms with Crippen LogP contribution in [0.25, 0.3) is 10.8 Å². The number of methoxy groups -OCH3 is 1. The van der Waals surface area contributed by atoms with Crippen LogP contribution in [0.1, 0.15) is 17.0 Å². The molecule has 30 heavy (non-hydrogen) atoms. The molecular weight excluding hydrogens is 376 g/mol. The summed E-state index contributed by atoms with van der Waals surface area (Å²) >= 11 is 0. The van der Waals surface area contributed by atoms with Crippen molar-refractivity contribution in [3.05, 3.63) is 89.7 Å². The van der Waals surface area contributed by atoms with Crippen molar-refractivity contribution in [2.24, 2.45) is 0 Å². The first-order valence-electron chi connectivity index (χ1n) is 9.95. The summed E-state index contributed by atoms with van der Waals surface area (Å²) in [5.74, 6) is 0.958. The number of nitrogens with zero attached hydrogens (tertiary/aromatic N) is 3. The molecule has 2 heterocycles. The summed E-state index contributed by atoms with van der Waals surface area (Å²) in [6.45, 7) is 1.94. The molecule has 152 valence electrons. The minimum atomic E-state index is 0.322. The van der Waals surface area contributed by atoms with E-state index in [1.54, 1.807) is 7.11 Å². The number of pyridine rings is 1. The van der Waals surface area contributed by atoms with E-state index in [-0.39, 0.29) is 0 Å². The third kappa shape index (κ3) is 4.90. The molecule has 0 atom stereocenters. The fourth-order valence-corrected chi connectivity index (χ4v) is 3.26. The molecule has 2 aromatic heterocycles. The first kappa shape index (κ1) is 19.8. The van der Waals surface area contributed by atoms with Crippen molar-refractivity contribution >= 4 is 10.8 Å². The maximum atomic E-state index is 5.93. The summed E-state index contributed by atoms with van der Waals surface area (Å²) in [6.07, 6.45) is 0.993. The lowest BCUT2D eigenvalue weighted by molar-refractivity contribution is 0.287. The molecule has 0 aliphatic carbocycles. The Kier molecular flexibility index (Phi) is 6.47. The first-order valence-corrected chi connectivity index (χ1v) is 9.95. The predicted molar refractivity (Wildman–Crippen MR) is 117 cm³/mol. The van der Waals surface area contributed by atoms with Crippen molar-refractivity contribution in [2.75, 3.05) is 13.7 Å².